The van der Waals surface area contributed by atoms with Crippen molar-refractivity contribution in [3.05, 3.63) is 29.8 Å². The van der Waals surface area contributed by atoms with Crippen LogP contribution in [0.5, 0.6) is 0 Å². The fraction of sp³-hybridized carbons (Fsp3) is 0.364. The molecule has 3 N–H and O–H groups in total. The van der Waals surface area contributed by atoms with E-state index in [1.165, 1.54) is 18.2 Å². The molecule has 0 unspecified atom stereocenters. The Hall–Kier alpha value is -1.19. The molecule has 0 heterocycles. The molecule has 1 aromatic rings. The molecule has 1 aliphatic rings. The van der Waals surface area contributed by atoms with Crippen LogP contribution >= 0.6 is 12.2 Å². The number of sulfonamides is 1. The van der Waals surface area contributed by atoms with Gasteiger partial charge in [-0.15, -0.1) is 0 Å². The minimum atomic E-state index is -4.61. The number of alkyl halides is 3. The Labute approximate surface area is 119 Å². The van der Waals surface area contributed by atoms with Crippen LogP contribution in [0.25, 0.3) is 0 Å². The van der Waals surface area contributed by atoms with Crippen molar-refractivity contribution in [1.82, 2.24) is 4.72 Å². The third kappa shape index (κ3) is 2.79. The van der Waals surface area contributed by atoms with E-state index in [4.69, 9.17) is 18.0 Å². The summed E-state index contributed by atoms with van der Waals surface area (Å²) in [6.45, 7) is 0. The lowest BCUT2D eigenvalue weighted by atomic mass is 10.2. The van der Waals surface area contributed by atoms with Crippen LogP contribution in [0.3, 0.4) is 0 Å². The zero-order valence-corrected chi connectivity index (χ0v) is 11.7. The molecule has 1 aromatic carbocycles. The summed E-state index contributed by atoms with van der Waals surface area (Å²) < 4.78 is 64.1. The van der Waals surface area contributed by atoms with Crippen molar-refractivity contribution in [2.24, 2.45) is 5.73 Å². The van der Waals surface area contributed by atoms with Crippen LogP contribution in [0, 0.1) is 0 Å². The van der Waals surface area contributed by atoms with Crippen LogP contribution in [0.2, 0.25) is 0 Å². The summed E-state index contributed by atoms with van der Waals surface area (Å²) in [5, 5.41) is 0. The number of nitrogens with two attached hydrogens (primary N) is 1. The quantitative estimate of drug-likeness (QED) is 0.827. The van der Waals surface area contributed by atoms with Crippen LogP contribution in [-0.2, 0) is 10.0 Å². The van der Waals surface area contributed by atoms with Gasteiger partial charge < -0.3 is 5.73 Å². The van der Waals surface area contributed by atoms with Gasteiger partial charge in [0.2, 0.25) is 10.0 Å². The van der Waals surface area contributed by atoms with Gasteiger partial charge in [-0.05, 0) is 25.0 Å². The standard InChI is InChI=1S/C11H11F3N2O2S2/c12-11(13,14)10(4-5-10)16-20(17,18)8-3-1-2-7(6-8)9(15)19/h1-3,6,16H,4-5H2,(H2,15,19). The molecule has 0 amide bonds. The molecule has 0 bridgehead atoms. The lowest BCUT2D eigenvalue weighted by molar-refractivity contribution is -0.160. The van der Waals surface area contributed by atoms with E-state index >= 15 is 0 Å². The van der Waals surface area contributed by atoms with E-state index in [1.807, 2.05) is 0 Å². The highest BCUT2D eigenvalue weighted by Gasteiger charge is 2.65. The number of benzene rings is 1. The van der Waals surface area contributed by atoms with Crippen LogP contribution in [-0.4, -0.2) is 25.1 Å². The van der Waals surface area contributed by atoms with Gasteiger partial charge >= 0.3 is 6.18 Å². The number of nitrogens with one attached hydrogen (secondary N) is 1. The highest BCUT2D eigenvalue weighted by atomic mass is 32.2. The number of hydrogen-bond acceptors (Lipinski definition) is 3. The summed E-state index contributed by atoms with van der Waals surface area (Å²) in [4.78, 5) is -0.322. The van der Waals surface area contributed by atoms with E-state index in [2.05, 4.69) is 0 Å². The van der Waals surface area contributed by atoms with Crippen molar-refractivity contribution < 1.29 is 21.6 Å². The first-order valence-corrected chi connectivity index (χ1v) is 7.47. The highest BCUT2D eigenvalue weighted by Crippen LogP contribution is 2.49. The summed E-state index contributed by atoms with van der Waals surface area (Å²) in [5.41, 5.74) is 3.31. The van der Waals surface area contributed by atoms with E-state index in [-0.39, 0.29) is 28.3 Å². The molecule has 9 heteroatoms. The Morgan fingerprint density at radius 2 is 1.95 bits per heavy atom. The lowest BCUT2D eigenvalue weighted by Gasteiger charge is -2.20. The maximum atomic E-state index is 12.8. The molecular formula is C11H11F3N2O2S2. The van der Waals surface area contributed by atoms with Gasteiger partial charge in [0.25, 0.3) is 0 Å². The number of rotatable bonds is 4. The van der Waals surface area contributed by atoms with E-state index in [9.17, 15) is 21.6 Å². The van der Waals surface area contributed by atoms with Crippen LogP contribution in [0.4, 0.5) is 13.2 Å². The van der Waals surface area contributed by atoms with Crippen molar-refractivity contribution >= 4 is 27.2 Å². The molecule has 110 valence electrons. The minimum absolute atomic E-state index is 0.0287. The highest BCUT2D eigenvalue weighted by molar-refractivity contribution is 7.89. The monoisotopic (exact) mass is 324 g/mol. The number of hydrogen-bond donors (Lipinski definition) is 2. The second-order valence-corrected chi connectivity index (χ2v) is 6.70. The van der Waals surface area contributed by atoms with E-state index in [0.717, 1.165) is 6.07 Å². The SMILES string of the molecule is NC(=S)c1cccc(S(=O)(=O)NC2(C(F)(F)F)CC2)c1. The van der Waals surface area contributed by atoms with Crippen LogP contribution in [0.15, 0.2) is 29.2 Å². The van der Waals surface area contributed by atoms with E-state index in [0.29, 0.717) is 0 Å². The molecule has 4 nitrogen and oxygen atoms in total. The summed E-state index contributed by atoms with van der Waals surface area (Å²) in [6, 6.07) is 5.20. The normalized spacial score (nSPS) is 17.8. The first-order valence-electron chi connectivity index (χ1n) is 5.58. The number of halogens is 3. The van der Waals surface area contributed by atoms with Gasteiger partial charge in [-0.1, -0.05) is 24.4 Å². The molecule has 20 heavy (non-hydrogen) atoms. The van der Waals surface area contributed by atoms with Gasteiger partial charge in [-0.3, -0.25) is 0 Å². The van der Waals surface area contributed by atoms with Crippen molar-refractivity contribution in [3.63, 3.8) is 0 Å². The van der Waals surface area contributed by atoms with E-state index < -0.39 is 21.7 Å². The molecule has 1 aliphatic carbocycles. The molecule has 0 saturated heterocycles. The first kappa shape index (κ1) is 15.2. The predicted octanol–water partition coefficient (Wildman–Crippen LogP) is 1.69. The van der Waals surface area contributed by atoms with Crippen molar-refractivity contribution in [1.29, 1.82) is 0 Å². The molecule has 1 fully saturated rings. The third-order valence-electron chi connectivity index (χ3n) is 3.05. The molecule has 0 atom stereocenters. The predicted molar refractivity (Wildman–Crippen MR) is 70.7 cm³/mol. The smallest absolute Gasteiger partial charge is 0.389 e. The Morgan fingerprint density at radius 1 is 1.35 bits per heavy atom. The molecule has 2 rings (SSSR count). The lowest BCUT2D eigenvalue weighted by Crippen LogP contribution is -2.47. The Bertz CT molecular complexity index is 652. The van der Waals surface area contributed by atoms with Crippen LogP contribution < -0.4 is 10.5 Å². The zero-order chi connectivity index (χ0) is 15.2. The van der Waals surface area contributed by atoms with Crippen molar-refractivity contribution in [2.45, 2.75) is 29.5 Å². The van der Waals surface area contributed by atoms with Gasteiger partial charge in [0.05, 0.1) is 4.90 Å². The van der Waals surface area contributed by atoms with Crippen LogP contribution in [0.1, 0.15) is 18.4 Å². The van der Waals surface area contributed by atoms with Gasteiger partial charge in [-0.25, -0.2) is 8.42 Å². The Morgan fingerprint density at radius 3 is 2.40 bits per heavy atom. The molecule has 0 aromatic heterocycles. The Balaban J connectivity index is 2.33. The second kappa shape index (κ2) is 4.68. The summed E-state index contributed by atoms with van der Waals surface area (Å²) in [6.07, 6.45) is -5.13. The molecule has 0 spiro atoms. The summed E-state index contributed by atoms with van der Waals surface area (Å²) in [5.74, 6) is 0. The maximum Gasteiger partial charge on any atom is 0.407 e. The van der Waals surface area contributed by atoms with Gasteiger partial charge in [0.1, 0.15) is 10.5 Å². The second-order valence-electron chi connectivity index (χ2n) is 4.58. The fourth-order valence-corrected chi connectivity index (χ4v) is 3.32. The molecule has 1 saturated carbocycles. The maximum absolute atomic E-state index is 12.8. The van der Waals surface area contributed by atoms with E-state index in [1.54, 1.807) is 4.72 Å². The van der Waals surface area contributed by atoms with Gasteiger partial charge in [-0.2, -0.15) is 17.9 Å². The zero-order valence-electron chi connectivity index (χ0n) is 10.1. The Kier molecular flexibility index (Phi) is 3.55. The van der Waals surface area contributed by atoms with Crippen molar-refractivity contribution in [2.75, 3.05) is 0 Å². The summed E-state index contributed by atoms with van der Waals surface area (Å²) in [7, 11) is -4.28. The topological polar surface area (TPSA) is 72.2 Å². The molecular weight excluding hydrogens is 313 g/mol. The largest absolute Gasteiger partial charge is 0.407 e. The van der Waals surface area contributed by atoms with Gasteiger partial charge in [0, 0.05) is 5.56 Å². The fourth-order valence-electron chi connectivity index (χ4n) is 1.70. The molecule has 0 radical (unpaired) electrons. The number of thiocarbonyl (C=S) groups is 1. The van der Waals surface area contributed by atoms with Gasteiger partial charge in [0.15, 0.2) is 0 Å². The summed E-state index contributed by atoms with van der Waals surface area (Å²) >= 11 is 4.71. The first-order chi connectivity index (χ1) is 9.07. The minimum Gasteiger partial charge on any atom is -0.389 e. The average molecular weight is 324 g/mol. The average Bonchev–Trinajstić information content (AvgIpc) is 3.09. The van der Waals surface area contributed by atoms with Crippen molar-refractivity contribution in [3.8, 4) is 0 Å². The third-order valence-corrected chi connectivity index (χ3v) is 4.82. The molecule has 0 aliphatic heterocycles.